The molecule has 33 heavy (non-hydrogen) atoms. The molecule has 182 valence electrons. The van der Waals surface area contributed by atoms with Crippen LogP contribution in [-0.2, 0) is 32.1 Å². The average Bonchev–Trinajstić information content (AvgIpc) is 2.82. The summed E-state index contributed by atoms with van der Waals surface area (Å²) < 4.78 is 4.89. The quantitative estimate of drug-likeness (QED) is 0.364. The number of carbonyl (C=O) groups excluding carboxylic acids is 3. The van der Waals surface area contributed by atoms with Gasteiger partial charge in [0.05, 0.1) is 13.2 Å². The monoisotopic (exact) mass is 512 g/mol. The molecule has 4 N–H and O–H groups in total. The lowest BCUT2D eigenvalue weighted by molar-refractivity contribution is -0.147. The normalized spacial score (nSPS) is 24.1. The van der Waals surface area contributed by atoms with Crippen LogP contribution in [0, 0.1) is 0 Å². The number of rotatable bonds is 7. The number of benzene rings is 1. The smallest absolute Gasteiger partial charge is 0.328 e. The lowest BCUT2D eigenvalue weighted by Crippen LogP contribution is -2.60. The van der Waals surface area contributed by atoms with Crippen LogP contribution in [0.2, 0.25) is 0 Å². The number of hydrogen-bond donors (Lipinski definition) is 3. The van der Waals surface area contributed by atoms with E-state index in [1.54, 1.807) is 38.2 Å². The van der Waals surface area contributed by atoms with Gasteiger partial charge in [-0.25, -0.2) is 4.79 Å². The molecule has 1 aromatic carbocycles. The number of amides is 2. The summed E-state index contributed by atoms with van der Waals surface area (Å²) in [6, 6.07) is 5.96. The van der Waals surface area contributed by atoms with Crippen LogP contribution in [0.15, 0.2) is 24.3 Å². The van der Waals surface area contributed by atoms with Gasteiger partial charge in [-0.2, -0.15) is 11.8 Å². The lowest BCUT2D eigenvalue weighted by Gasteiger charge is -2.39. The number of methoxy groups -OCH3 is 1. The zero-order valence-electron chi connectivity index (χ0n) is 19.0. The minimum Gasteiger partial charge on any atom is -0.467 e. The van der Waals surface area contributed by atoms with Crippen molar-refractivity contribution >= 4 is 51.1 Å². The Morgan fingerprint density at radius 3 is 2.73 bits per heavy atom. The fourth-order valence-electron chi connectivity index (χ4n) is 3.91. The van der Waals surface area contributed by atoms with Crippen molar-refractivity contribution < 1.29 is 19.1 Å². The first-order chi connectivity index (χ1) is 15.9. The molecule has 2 aliphatic heterocycles. The molecule has 11 heteroatoms. The molecular formula is C22H32N4O4S3. The van der Waals surface area contributed by atoms with Crippen molar-refractivity contribution in [2.24, 2.45) is 5.73 Å². The maximum absolute atomic E-state index is 13.6. The van der Waals surface area contributed by atoms with Crippen molar-refractivity contribution in [2.75, 3.05) is 37.2 Å². The Balaban J connectivity index is 1.82. The first-order valence-electron chi connectivity index (χ1n) is 10.9. The van der Waals surface area contributed by atoms with Crippen LogP contribution in [-0.4, -0.2) is 84.0 Å². The standard InChI is InChI=1S/C22H32N4O4S3/c1-30-22(29)17(7-8-31-2)25-20(27)19-9-14-5-3-4-6-15(14)11-26(19)21(28)18-13-33-32-12-16(23)10-24-18/h3-6,16-19,24H,7-13,23H2,1-2H3,(H,25,27)/t16-,17+,18+,19+/m1/s1. The van der Waals surface area contributed by atoms with Crippen molar-refractivity contribution in [1.82, 2.24) is 15.5 Å². The van der Waals surface area contributed by atoms with Gasteiger partial charge in [-0.15, -0.1) is 0 Å². The third kappa shape index (κ3) is 7.05. The fraction of sp³-hybridized carbons (Fsp3) is 0.591. The molecule has 0 spiro atoms. The molecule has 3 rings (SSSR count). The van der Waals surface area contributed by atoms with Crippen LogP contribution in [0.4, 0.5) is 0 Å². The number of nitrogens with one attached hydrogen (secondary N) is 2. The van der Waals surface area contributed by atoms with Gasteiger partial charge in [0.15, 0.2) is 0 Å². The Hall–Kier alpha value is -1.40. The molecule has 2 aliphatic rings. The molecule has 1 fully saturated rings. The van der Waals surface area contributed by atoms with Gasteiger partial charge in [0.25, 0.3) is 0 Å². The molecule has 2 amide bonds. The summed E-state index contributed by atoms with van der Waals surface area (Å²) >= 11 is 1.59. The van der Waals surface area contributed by atoms with Gasteiger partial charge in [0.1, 0.15) is 12.1 Å². The fourth-order valence-corrected chi connectivity index (χ4v) is 6.77. The summed E-state index contributed by atoms with van der Waals surface area (Å²) in [4.78, 5) is 40.9. The molecule has 0 aliphatic carbocycles. The zero-order valence-corrected chi connectivity index (χ0v) is 21.4. The summed E-state index contributed by atoms with van der Waals surface area (Å²) in [5.74, 6) is 1.20. The highest BCUT2D eigenvalue weighted by Gasteiger charge is 2.39. The highest BCUT2D eigenvalue weighted by Crippen LogP contribution is 2.28. The number of carbonyl (C=O) groups is 3. The zero-order chi connectivity index (χ0) is 23.8. The Morgan fingerprint density at radius 2 is 2.00 bits per heavy atom. The van der Waals surface area contributed by atoms with E-state index < -0.39 is 24.1 Å². The van der Waals surface area contributed by atoms with E-state index in [2.05, 4.69) is 10.6 Å². The maximum Gasteiger partial charge on any atom is 0.328 e. The molecule has 2 heterocycles. The van der Waals surface area contributed by atoms with Gasteiger partial charge in [-0.1, -0.05) is 45.9 Å². The van der Waals surface area contributed by atoms with Crippen LogP contribution in [0.1, 0.15) is 17.5 Å². The van der Waals surface area contributed by atoms with Gasteiger partial charge in [-0.05, 0) is 29.6 Å². The molecular weight excluding hydrogens is 480 g/mol. The van der Waals surface area contributed by atoms with Crippen LogP contribution in [0.25, 0.3) is 0 Å². The summed E-state index contributed by atoms with van der Waals surface area (Å²) in [6.45, 7) is 0.896. The molecule has 8 nitrogen and oxygen atoms in total. The van der Waals surface area contributed by atoms with Crippen LogP contribution < -0.4 is 16.4 Å². The Morgan fingerprint density at radius 1 is 1.27 bits per heavy atom. The minimum atomic E-state index is -0.742. The van der Waals surface area contributed by atoms with Crippen LogP contribution in [0.5, 0.6) is 0 Å². The highest BCUT2D eigenvalue weighted by molar-refractivity contribution is 8.76. The molecule has 4 atom stereocenters. The van der Waals surface area contributed by atoms with Gasteiger partial charge in [0, 0.05) is 37.1 Å². The Labute approximate surface area is 207 Å². The van der Waals surface area contributed by atoms with E-state index in [1.807, 2.05) is 30.5 Å². The van der Waals surface area contributed by atoms with E-state index in [9.17, 15) is 14.4 Å². The average molecular weight is 513 g/mol. The van der Waals surface area contributed by atoms with Crippen molar-refractivity contribution in [1.29, 1.82) is 0 Å². The van der Waals surface area contributed by atoms with Crippen molar-refractivity contribution in [3.05, 3.63) is 35.4 Å². The number of nitrogens with two attached hydrogens (primary N) is 1. The predicted molar refractivity (Wildman–Crippen MR) is 136 cm³/mol. The number of ether oxygens (including phenoxy) is 1. The third-order valence-electron chi connectivity index (χ3n) is 5.77. The van der Waals surface area contributed by atoms with E-state index in [0.717, 1.165) is 16.9 Å². The predicted octanol–water partition coefficient (Wildman–Crippen LogP) is 1.03. The molecule has 1 saturated heterocycles. The highest BCUT2D eigenvalue weighted by atomic mass is 33.1. The first-order valence-corrected chi connectivity index (χ1v) is 14.8. The van der Waals surface area contributed by atoms with E-state index in [4.69, 9.17) is 10.5 Å². The number of esters is 1. The largest absolute Gasteiger partial charge is 0.467 e. The number of hydrogen-bond acceptors (Lipinski definition) is 9. The number of thioether (sulfide) groups is 1. The second-order valence-electron chi connectivity index (χ2n) is 8.11. The molecule has 1 aromatic rings. The van der Waals surface area contributed by atoms with Gasteiger partial charge in [-0.3, -0.25) is 9.59 Å². The summed E-state index contributed by atoms with van der Waals surface area (Å²) in [7, 11) is 4.60. The number of fused-ring (bicyclic) bond motifs is 1. The summed E-state index contributed by atoms with van der Waals surface area (Å²) in [6.07, 6.45) is 2.81. The molecule has 0 saturated carbocycles. The second-order valence-corrected chi connectivity index (χ2v) is 11.6. The van der Waals surface area contributed by atoms with E-state index in [0.29, 0.717) is 37.4 Å². The van der Waals surface area contributed by atoms with Gasteiger partial charge in [0.2, 0.25) is 11.8 Å². The van der Waals surface area contributed by atoms with E-state index in [-0.39, 0.29) is 17.9 Å². The van der Waals surface area contributed by atoms with Crippen molar-refractivity contribution in [3.63, 3.8) is 0 Å². The van der Waals surface area contributed by atoms with Crippen molar-refractivity contribution in [3.8, 4) is 0 Å². The minimum absolute atomic E-state index is 0.0310. The molecule has 0 unspecified atom stereocenters. The molecule has 0 radical (unpaired) electrons. The Bertz CT molecular complexity index is 844. The lowest BCUT2D eigenvalue weighted by atomic mass is 9.92. The van der Waals surface area contributed by atoms with E-state index in [1.165, 1.54) is 7.11 Å². The molecule has 0 bridgehead atoms. The number of nitrogens with zero attached hydrogens (tertiary/aromatic N) is 1. The molecule has 0 aromatic heterocycles. The SMILES string of the molecule is COC(=O)[C@H](CCSC)NC(=O)[C@@H]1Cc2ccccc2CN1C(=O)[C@@H]1CSSC[C@H](N)CN1. The Kier molecular flexibility index (Phi) is 10.2. The van der Waals surface area contributed by atoms with Crippen LogP contribution >= 0.6 is 33.3 Å². The van der Waals surface area contributed by atoms with Gasteiger partial charge >= 0.3 is 5.97 Å². The topological polar surface area (TPSA) is 114 Å². The summed E-state index contributed by atoms with van der Waals surface area (Å²) in [5.41, 5.74) is 8.16. The second kappa shape index (κ2) is 12.9. The first kappa shape index (κ1) is 26.2. The summed E-state index contributed by atoms with van der Waals surface area (Å²) in [5, 5.41) is 6.14. The van der Waals surface area contributed by atoms with Gasteiger partial charge < -0.3 is 26.0 Å². The van der Waals surface area contributed by atoms with Crippen molar-refractivity contribution in [2.45, 2.75) is 43.6 Å². The third-order valence-corrected chi connectivity index (χ3v) is 8.93. The maximum atomic E-state index is 13.6. The van der Waals surface area contributed by atoms with E-state index >= 15 is 0 Å². The van der Waals surface area contributed by atoms with Crippen LogP contribution in [0.3, 0.4) is 0 Å².